The molecule has 2 aromatic rings. The molecule has 0 unspecified atom stereocenters. The summed E-state index contributed by atoms with van der Waals surface area (Å²) in [6.45, 7) is 3.03. The smallest absolute Gasteiger partial charge is 0.223 e. The van der Waals surface area contributed by atoms with Gasteiger partial charge in [-0.15, -0.1) is 0 Å². The molecule has 120 valence electrons. The van der Waals surface area contributed by atoms with Gasteiger partial charge in [-0.05, 0) is 25.1 Å². The number of fused-ring (bicyclic) bond motifs is 1. The van der Waals surface area contributed by atoms with Gasteiger partial charge in [0.15, 0.2) is 0 Å². The van der Waals surface area contributed by atoms with Crippen LogP contribution in [0.5, 0.6) is 11.5 Å². The lowest BCUT2D eigenvalue weighted by Crippen LogP contribution is -2.32. The van der Waals surface area contributed by atoms with Gasteiger partial charge in [-0.3, -0.25) is 4.79 Å². The Bertz CT molecular complexity index is 667. The maximum atomic E-state index is 12.1. The molecule has 23 heavy (non-hydrogen) atoms. The van der Waals surface area contributed by atoms with Gasteiger partial charge >= 0.3 is 0 Å². The summed E-state index contributed by atoms with van der Waals surface area (Å²) < 4.78 is 11.2. The molecule has 0 bridgehead atoms. The zero-order chi connectivity index (χ0) is 16.1. The number of hydrogen-bond donors (Lipinski definition) is 1. The first-order valence-electron chi connectivity index (χ1n) is 7.93. The predicted molar refractivity (Wildman–Crippen MR) is 88.7 cm³/mol. The second-order valence-corrected chi connectivity index (χ2v) is 5.71. The molecule has 0 aromatic heterocycles. The second-order valence-electron chi connectivity index (χ2n) is 5.71. The summed E-state index contributed by atoms with van der Waals surface area (Å²) in [4.78, 5) is 12.1. The van der Waals surface area contributed by atoms with E-state index in [0.29, 0.717) is 19.6 Å². The topological polar surface area (TPSA) is 47.6 Å². The number of aryl methyl sites for hydroxylation is 1. The van der Waals surface area contributed by atoms with Crippen molar-refractivity contribution in [1.29, 1.82) is 0 Å². The maximum Gasteiger partial charge on any atom is 0.223 e. The third-order valence-electron chi connectivity index (χ3n) is 3.91. The van der Waals surface area contributed by atoms with Crippen LogP contribution in [0.15, 0.2) is 48.5 Å². The minimum Gasteiger partial charge on any atom is -0.493 e. The Hall–Kier alpha value is -2.49. The molecule has 1 N–H and O–H groups in total. The molecule has 1 aliphatic heterocycles. The van der Waals surface area contributed by atoms with Crippen LogP contribution in [0.4, 0.5) is 0 Å². The molecule has 3 rings (SSSR count). The van der Waals surface area contributed by atoms with Crippen LogP contribution in [-0.4, -0.2) is 19.1 Å². The van der Waals surface area contributed by atoms with Crippen molar-refractivity contribution >= 4 is 5.91 Å². The highest BCUT2D eigenvalue weighted by Crippen LogP contribution is 2.31. The third kappa shape index (κ3) is 4.03. The number of rotatable bonds is 5. The molecule has 4 nitrogen and oxygen atoms in total. The van der Waals surface area contributed by atoms with Gasteiger partial charge in [0.2, 0.25) is 5.91 Å². The number of hydrogen-bond acceptors (Lipinski definition) is 3. The molecular formula is C19H21NO3. The first-order chi connectivity index (χ1) is 11.2. The average Bonchev–Trinajstić information content (AvgIpc) is 2.57. The van der Waals surface area contributed by atoms with E-state index >= 15 is 0 Å². The van der Waals surface area contributed by atoms with Crippen LogP contribution in [0.3, 0.4) is 0 Å². The maximum absolute atomic E-state index is 12.1. The monoisotopic (exact) mass is 311 g/mol. The number of carbonyl (C=O) groups excluding carboxylic acids is 1. The van der Waals surface area contributed by atoms with Crippen LogP contribution in [0.25, 0.3) is 0 Å². The summed E-state index contributed by atoms with van der Waals surface area (Å²) in [6.07, 6.45) is 1.13. The summed E-state index contributed by atoms with van der Waals surface area (Å²) in [7, 11) is 0. The van der Waals surface area contributed by atoms with Crippen LogP contribution in [0.2, 0.25) is 0 Å². The molecule has 4 heteroatoms. The van der Waals surface area contributed by atoms with Gasteiger partial charge in [0, 0.05) is 12.0 Å². The largest absolute Gasteiger partial charge is 0.493 e. The van der Waals surface area contributed by atoms with Crippen molar-refractivity contribution in [2.24, 2.45) is 0 Å². The summed E-state index contributed by atoms with van der Waals surface area (Å²) in [6, 6.07) is 15.7. The van der Waals surface area contributed by atoms with Gasteiger partial charge in [0.1, 0.15) is 11.5 Å². The Labute approximate surface area is 136 Å². The van der Waals surface area contributed by atoms with Crippen LogP contribution < -0.4 is 14.8 Å². The molecule has 2 aromatic carbocycles. The Morgan fingerprint density at radius 2 is 2.00 bits per heavy atom. The van der Waals surface area contributed by atoms with Gasteiger partial charge in [-0.25, -0.2) is 0 Å². The standard InChI is InChI=1S/C19H21NO3/c1-14-6-8-15(9-7-14)22-13-11-19(21)20-17-10-12-23-18-5-3-2-4-16(17)18/h2-9,17H,10-13H2,1H3,(H,20,21)/t17-/m1/s1. The molecular weight excluding hydrogens is 290 g/mol. The minimum atomic E-state index is -0.00110. The first-order valence-corrected chi connectivity index (χ1v) is 7.93. The molecule has 0 saturated heterocycles. The van der Waals surface area contributed by atoms with E-state index in [9.17, 15) is 4.79 Å². The van der Waals surface area contributed by atoms with E-state index in [2.05, 4.69) is 5.32 Å². The molecule has 0 spiro atoms. The van der Waals surface area contributed by atoms with Crippen molar-refractivity contribution in [1.82, 2.24) is 5.32 Å². The predicted octanol–water partition coefficient (Wildman–Crippen LogP) is 3.40. The van der Waals surface area contributed by atoms with Crippen LogP contribution >= 0.6 is 0 Å². The van der Waals surface area contributed by atoms with E-state index in [0.717, 1.165) is 23.5 Å². The lowest BCUT2D eigenvalue weighted by molar-refractivity contribution is -0.122. The first kappa shape index (κ1) is 15.4. The van der Waals surface area contributed by atoms with Crippen molar-refractivity contribution in [3.05, 3.63) is 59.7 Å². The Morgan fingerprint density at radius 1 is 1.22 bits per heavy atom. The van der Waals surface area contributed by atoms with Crippen LogP contribution in [0, 0.1) is 6.92 Å². The number of amides is 1. The minimum absolute atomic E-state index is 0.00110. The van der Waals surface area contributed by atoms with Gasteiger partial charge < -0.3 is 14.8 Å². The lowest BCUT2D eigenvalue weighted by atomic mass is 10.0. The number of ether oxygens (including phenoxy) is 2. The third-order valence-corrected chi connectivity index (χ3v) is 3.91. The molecule has 0 radical (unpaired) electrons. The van der Waals surface area contributed by atoms with Gasteiger partial charge in [-0.1, -0.05) is 35.9 Å². The summed E-state index contributed by atoms with van der Waals surface area (Å²) in [5, 5.41) is 3.07. The van der Waals surface area contributed by atoms with Crippen molar-refractivity contribution < 1.29 is 14.3 Å². The number of para-hydroxylation sites is 1. The summed E-state index contributed by atoms with van der Waals surface area (Å²) in [5.41, 5.74) is 2.24. The highest BCUT2D eigenvalue weighted by atomic mass is 16.5. The zero-order valence-electron chi connectivity index (χ0n) is 13.2. The van der Waals surface area contributed by atoms with Crippen molar-refractivity contribution in [2.45, 2.75) is 25.8 Å². The zero-order valence-corrected chi connectivity index (χ0v) is 13.2. The van der Waals surface area contributed by atoms with Gasteiger partial charge in [0.05, 0.1) is 25.7 Å². The Balaban J connectivity index is 1.49. The van der Waals surface area contributed by atoms with Crippen molar-refractivity contribution in [2.75, 3.05) is 13.2 Å². The average molecular weight is 311 g/mol. The van der Waals surface area contributed by atoms with E-state index in [1.165, 1.54) is 5.56 Å². The fourth-order valence-corrected chi connectivity index (χ4v) is 2.65. The van der Waals surface area contributed by atoms with Crippen molar-refractivity contribution in [3.8, 4) is 11.5 Å². The second kappa shape index (κ2) is 7.18. The highest BCUT2D eigenvalue weighted by molar-refractivity contribution is 5.76. The van der Waals surface area contributed by atoms with E-state index in [-0.39, 0.29) is 11.9 Å². The molecule has 0 saturated carbocycles. The van der Waals surface area contributed by atoms with E-state index in [1.807, 2.05) is 55.5 Å². The Kier molecular flexibility index (Phi) is 4.81. The van der Waals surface area contributed by atoms with E-state index < -0.39 is 0 Å². The van der Waals surface area contributed by atoms with E-state index in [1.54, 1.807) is 0 Å². The molecule has 0 aliphatic carbocycles. The number of benzene rings is 2. The molecule has 1 amide bonds. The normalized spacial score (nSPS) is 16.1. The molecule has 0 fully saturated rings. The quantitative estimate of drug-likeness (QED) is 0.920. The summed E-state index contributed by atoms with van der Waals surface area (Å²) in [5.74, 6) is 1.65. The molecule has 1 atom stereocenters. The Morgan fingerprint density at radius 3 is 2.83 bits per heavy atom. The van der Waals surface area contributed by atoms with Crippen molar-refractivity contribution in [3.63, 3.8) is 0 Å². The number of carbonyl (C=O) groups is 1. The fourth-order valence-electron chi connectivity index (χ4n) is 2.65. The number of nitrogens with one attached hydrogen (secondary N) is 1. The van der Waals surface area contributed by atoms with Gasteiger partial charge in [0.25, 0.3) is 0 Å². The molecule has 1 aliphatic rings. The van der Waals surface area contributed by atoms with Gasteiger partial charge in [-0.2, -0.15) is 0 Å². The highest BCUT2D eigenvalue weighted by Gasteiger charge is 2.22. The van der Waals surface area contributed by atoms with Crippen LogP contribution in [-0.2, 0) is 4.79 Å². The SMILES string of the molecule is Cc1ccc(OCCC(=O)N[C@@H]2CCOc3ccccc32)cc1. The fraction of sp³-hybridized carbons (Fsp3) is 0.316. The molecule has 1 heterocycles. The van der Waals surface area contributed by atoms with E-state index in [4.69, 9.17) is 9.47 Å². The van der Waals surface area contributed by atoms with Crippen LogP contribution in [0.1, 0.15) is 30.0 Å². The lowest BCUT2D eigenvalue weighted by Gasteiger charge is -2.26. The summed E-state index contributed by atoms with van der Waals surface area (Å²) >= 11 is 0.